The number of rotatable bonds is 3. The number of benzene rings is 1. The van der Waals surface area contributed by atoms with Gasteiger partial charge in [-0.2, -0.15) is 0 Å². The number of hydrogen-bond donors (Lipinski definition) is 1. The number of hydrogen-bond acceptors (Lipinski definition) is 4. The molecule has 2 amide bonds. The van der Waals surface area contributed by atoms with Crippen LogP contribution in [0.25, 0.3) is 0 Å². The fourth-order valence-corrected chi connectivity index (χ4v) is 3.16. The van der Waals surface area contributed by atoms with Gasteiger partial charge in [-0.25, -0.2) is 0 Å². The molecule has 2 heterocycles. The fraction of sp³-hybridized carbons (Fsp3) is 0.529. The molecule has 6 heteroatoms. The van der Waals surface area contributed by atoms with Crippen molar-refractivity contribution in [2.75, 3.05) is 39.3 Å². The highest BCUT2D eigenvalue weighted by atomic mass is 16.5. The molecule has 6 nitrogen and oxygen atoms in total. The van der Waals surface area contributed by atoms with Crippen molar-refractivity contribution in [1.82, 2.24) is 15.1 Å². The quantitative estimate of drug-likeness (QED) is 0.877. The number of amides is 2. The Balaban J connectivity index is 1.61. The molecule has 2 atom stereocenters. The van der Waals surface area contributed by atoms with Crippen LogP contribution in [0.3, 0.4) is 0 Å². The zero-order valence-corrected chi connectivity index (χ0v) is 13.4. The van der Waals surface area contributed by atoms with E-state index < -0.39 is 0 Å². The minimum Gasteiger partial charge on any atom is -0.368 e. The number of nitrogens with one attached hydrogen (secondary N) is 1. The summed E-state index contributed by atoms with van der Waals surface area (Å²) < 4.78 is 6.02. The third kappa shape index (κ3) is 4.09. The van der Waals surface area contributed by atoms with Crippen LogP contribution in [-0.4, -0.2) is 67.0 Å². The molecule has 3 rings (SSSR count). The van der Waals surface area contributed by atoms with E-state index in [9.17, 15) is 9.59 Å². The van der Waals surface area contributed by atoms with Crippen molar-refractivity contribution in [3.8, 4) is 0 Å². The van der Waals surface area contributed by atoms with Gasteiger partial charge in [0.2, 0.25) is 11.8 Å². The van der Waals surface area contributed by atoms with Crippen molar-refractivity contribution in [2.24, 2.45) is 0 Å². The van der Waals surface area contributed by atoms with Gasteiger partial charge in [0.15, 0.2) is 0 Å². The lowest BCUT2D eigenvalue weighted by molar-refractivity contribution is -0.142. The van der Waals surface area contributed by atoms with E-state index in [4.69, 9.17) is 4.74 Å². The van der Waals surface area contributed by atoms with Crippen LogP contribution in [0.1, 0.15) is 18.6 Å². The minimum atomic E-state index is -0.0814. The molecule has 0 bridgehead atoms. The number of nitrogens with zero attached hydrogens (tertiary/aromatic N) is 2. The second kappa shape index (κ2) is 7.10. The normalized spacial score (nSPS) is 26.0. The molecule has 2 aliphatic heterocycles. The lowest BCUT2D eigenvalue weighted by atomic mass is 10.1. The lowest BCUT2D eigenvalue weighted by Crippen LogP contribution is -2.54. The van der Waals surface area contributed by atoms with Crippen molar-refractivity contribution < 1.29 is 14.3 Å². The minimum absolute atomic E-state index is 0.0146. The summed E-state index contributed by atoms with van der Waals surface area (Å²) in [5.41, 5.74) is 1.13. The summed E-state index contributed by atoms with van der Waals surface area (Å²) in [6.45, 7) is 5.09. The summed E-state index contributed by atoms with van der Waals surface area (Å²) in [5, 5.41) is 2.74. The molecule has 23 heavy (non-hydrogen) atoms. The van der Waals surface area contributed by atoms with Crippen LogP contribution in [0, 0.1) is 0 Å². The summed E-state index contributed by atoms with van der Waals surface area (Å²) in [5.74, 6) is -0.0668. The predicted octanol–water partition coefficient (Wildman–Crippen LogP) is 0.407. The zero-order valence-electron chi connectivity index (χ0n) is 13.4. The maximum absolute atomic E-state index is 12.4. The molecule has 1 aromatic rings. The van der Waals surface area contributed by atoms with Crippen LogP contribution in [0.4, 0.5) is 0 Å². The van der Waals surface area contributed by atoms with E-state index in [1.165, 1.54) is 0 Å². The highest BCUT2D eigenvalue weighted by Gasteiger charge is 2.29. The Bertz CT molecular complexity index is 563. The molecule has 1 aromatic carbocycles. The molecule has 0 aromatic heterocycles. The predicted molar refractivity (Wildman–Crippen MR) is 85.8 cm³/mol. The Hall–Kier alpha value is -1.92. The first-order valence-corrected chi connectivity index (χ1v) is 8.09. The molecular weight excluding hydrogens is 294 g/mol. The Kier molecular flexibility index (Phi) is 4.93. The fourth-order valence-electron chi connectivity index (χ4n) is 3.16. The average molecular weight is 317 g/mol. The van der Waals surface area contributed by atoms with E-state index in [2.05, 4.69) is 22.3 Å². The molecule has 2 aliphatic rings. The highest BCUT2D eigenvalue weighted by molar-refractivity contribution is 5.86. The molecule has 1 N–H and O–H groups in total. The van der Waals surface area contributed by atoms with Gasteiger partial charge >= 0.3 is 0 Å². The van der Waals surface area contributed by atoms with Crippen LogP contribution < -0.4 is 5.32 Å². The van der Waals surface area contributed by atoms with Crippen LogP contribution in [-0.2, 0) is 14.3 Å². The first kappa shape index (κ1) is 16.0. The topological polar surface area (TPSA) is 61.9 Å². The number of carbonyl (C=O) groups excluding carboxylic acids is 2. The van der Waals surface area contributed by atoms with E-state index in [1.807, 2.05) is 25.1 Å². The molecule has 124 valence electrons. The first-order chi connectivity index (χ1) is 11.1. The first-order valence-electron chi connectivity index (χ1n) is 8.09. The van der Waals surface area contributed by atoms with Gasteiger partial charge in [-0.15, -0.1) is 0 Å². The summed E-state index contributed by atoms with van der Waals surface area (Å²) >= 11 is 0. The van der Waals surface area contributed by atoms with Gasteiger partial charge in [-0.1, -0.05) is 30.3 Å². The molecule has 0 saturated carbocycles. The monoisotopic (exact) mass is 317 g/mol. The molecule has 0 aliphatic carbocycles. The van der Waals surface area contributed by atoms with E-state index in [-0.39, 0.29) is 30.6 Å². The van der Waals surface area contributed by atoms with E-state index in [1.54, 1.807) is 4.90 Å². The third-order valence-electron chi connectivity index (χ3n) is 4.26. The van der Waals surface area contributed by atoms with E-state index in [0.717, 1.165) is 12.1 Å². The summed E-state index contributed by atoms with van der Waals surface area (Å²) in [4.78, 5) is 27.6. The Morgan fingerprint density at radius 1 is 1.30 bits per heavy atom. The van der Waals surface area contributed by atoms with Crippen molar-refractivity contribution in [1.29, 1.82) is 0 Å². The number of carbonyl (C=O) groups is 2. The standard InChI is InChI=1S/C17H23N3O3/c1-13-9-19(10-15(23-13)14-5-3-2-4-6-14)12-17(22)20-8-7-18-16(21)11-20/h2-6,13,15H,7-12H2,1H3,(H,18,21)/t13-,15-/m0/s1. The maximum Gasteiger partial charge on any atom is 0.239 e. The number of piperazine rings is 1. The molecule has 2 fully saturated rings. The largest absolute Gasteiger partial charge is 0.368 e. The van der Waals surface area contributed by atoms with Crippen molar-refractivity contribution in [2.45, 2.75) is 19.1 Å². The van der Waals surface area contributed by atoms with Gasteiger partial charge < -0.3 is 15.0 Å². The number of ether oxygens (including phenoxy) is 1. The smallest absolute Gasteiger partial charge is 0.239 e. The van der Waals surface area contributed by atoms with Crippen LogP contribution in [0.15, 0.2) is 30.3 Å². The SMILES string of the molecule is C[C@H]1CN(CC(=O)N2CCNC(=O)C2)C[C@@H](c2ccccc2)O1. The van der Waals surface area contributed by atoms with E-state index >= 15 is 0 Å². The average Bonchev–Trinajstić information content (AvgIpc) is 2.55. The third-order valence-corrected chi connectivity index (χ3v) is 4.26. The second-order valence-corrected chi connectivity index (χ2v) is 6.21. The number of morpholine rings is 1. The van der Waals surface area contributed by atoms with Crippen LogP contribution in [0.5, 0.6) is 0 Å². The van der Waals surface area contributed by atoms with Crippen molar-refractivity contribution >= 4 is 11.8 Å². The molecule has 2 saturated heterocycles. The van der Waals surface area contributed by atoms with Crippen molar-refractivity contribution in [3.05, 3.63) is 35.9 Å². The van der Waals surface area contributed by atoms with E-state index in [0.29, 0.717) is 26.2 Å². The van der Waals surface area contributed by atoms with Gasteiger partial charge in [0.1, 0.15) is 0 Å². The Morgan fingerprint density at radius 2 is 2.09 bits per heavy atom. The molecular formula is C17H23N3O3. The lowest BCUT2D eigenvalue weighted by Gasteiger charge is -2.38. The van der Waals surface area contributed by atoms with Gasteiger partial charge in [-0.3, -0.25) is 14.5 Å². The van der Waals surface area contributed by atoms with Gasteiger partial charge in [-0.05, 0) is 12.5 Å². The summed E-state index contributed by atoms with van der Waals surface area (Å²) in [6, 6.07) is 10.1. The molecule has 0 spiro atoms. The van der Waals surface area contributed by atoms with Crippen molar-refractivity contribution in [3.63, 3.8) is 0 Å². The molecule has 0 radical (unpaired) electrons. The van der Waals surface area contributed by atoms with Crippen LogP contribution in [0.2, 0.25) is 0 Å². The summed E-state index contributed by atoms with van der Waals surface area (Å²) in [6.07, 6.45) is 0.0591. The highest BCUT2D eigenvalue weighted by Crippen LogP contribution is 2.24. The molecule has 0 unspecified atom stereocenters. The zero-order chi connectivity index (χ0) is 16.2. The van der Waals surface area contributed by atoms with Crippen LogP contribution >= 0.6 is 0 Å². The second-order valence-electron chi connectivity index (χ2n) is 6.21. The summed E-state index contributed by atoms with van der Waals surface area (Å²) in [7, 11) is 0. The Morgan fingerprint density at radius 3 is 2.83 bits per heavy atom. The van der Waals surface area contributed by atoms with Gasteiger partial charge in [0.25, 0.3) is 0 Å². The van der Waals surface area contributed by atoms with Gasteiger partial charge in [0.05, 0.1) is 25.3 Å². The van der Waals surface area contributed by atoms with Gasteiger partial charge in [0, 0.05) is 26.2 Å². The maximum atomic E-state index is 12.4. The Labute approximate surface area is 136 Å².